The van der Waals surface area contributed by atoms with Gasteiger partial charge in [-0.2, -0.15) is 0 Å². The van der Waals surface area contributed by atoms with Crippen molar-refractivity contribution in [1.29, 1.82) is 0 Å². The van der Waals surface area contributed by atoms with E-state index in [-0.39, 0.29) is 11.3 Å². The molecule has 2 bridgehead atoms. The molecule has 2 atom stereocenters. The summed E-state index contributed by atoms with van der Waals surface area (Å²) in [5.74, 6) is 1.33. The Bertz CT molecular complexity index is 850. The number of nitrogens with one attached hydrogen (secondary N) is 1. The van der Waals surface area contributed by atoms with Crippen LogP contribution in [-0.4, -0.2) is 44.3 Å². The van der Waals surface area contributed by atoms with E-state index in [0.29, 0.717) is 22.4 Å². The zero-order valence-electron chi connectivity index (χ0n) is 16.0. The Morgan fingerprint density at radius 2 is 2.04 bits per heavy atom. The van der Waals surface area contributed by atoms with Crippen LogP contribution in [0, 0.1) is 10.8 Å². The van der Waals surface area contributed by atoms with Crippen LogP contribution in [-0.2, 0) is 4.79 Å². The van der Waals surface area contributed by atoms with Crippen molar-refractivity contribution in [2.75, 3.05) is 12.3 Å². The molecule has 0 unspecified atom stereocenters. The van der Waals surface area contributed by atoms with Crippen molar-refractivity contribution in [3.05, 3.63) is 28.7 Å². The van der Waals surface area contributed by atoms with Gasteiger partial charge in [-0.1, -0.05) is 60.6 Å². The van der Waals surface area contributed by atoms with Gasteiger partial charge in [0.2, 0.25) is 11.1 Å². The lowest BCUT2D eigenvalue weighted by molar-refractivity contribution is -0.129. The van der Waals surface area contributed by atoms with Crippen molar-refractivity contribution in [3.8, 4) is 11.4 Å². The van der Waals surface area contributed by atoms with Gasteiger partial charge in [-0.3, -0.25) is 9.89 Å². The third-order valence-corrected chi connectivity index (χ3v) is 7.00. The fourth-order valence-corrected chi connectivity index (χ4v) is 5.96. The molecule has 1 amide bonds. The molecule has 2 fully saturated rings. The van der Waals surface area contributed by atoms with Gasteiger partial charge < -0.3 is 4.90 Å². The molecule has 1 aliphatic carbocycles. The fraction of sp³-hybridized carbons (Fsp3) is 0.550. The standard InChI is InChI=1S/C20H25BrN4OS/c1-19(2)8-15-9-20(3,11-19)12-25(15)16(26)10-27-18-22-17(23-24-18)13-4-6-14(21)7-5-13/h4-7,15H,8-12H2,1-3H3,(H,22,23,24)/t15-,20-/m1/s1. The van der Waals surface area contributed by atoms with Crippen LogP contribution < -0.4 is 0 Å². The predicted octanol–water partition coefficient (Wildman–Crippen LogP) is 4.75. The average Bonchev–Trinajstić information content (AvgIpc) is 3.14. The molecule has 2 aliphatic rings. The molecule has 0 radical (unpaired) electrons. The Kier molecular flexibility index (Phi) is 4.87. The lowest BCUT2D eigenvalue weighted by Crippen LogP contribution is -2.38. The minimum absolute atomic E-state index is 0.210. The predicted molar refractivity (Wildman–Crippen MR) is 111 cm³/mol. The van der Waals surface area contributed by atoms with Gasteiger partial charge in [0.15, 0.2) is 5.82 Å². The number of thioether (sulfide) groups is 1. The molecule has 1 aromatic carbocycles. The highest BCUT2D eigenvalue weighted by Gasteiger charge is 2.50. The van der Waals surface area contributed by atoms with Crippen LogP contribution in [0.5, 0.6) is 0 Å². The second-order valence-corrected chi connectivity index (χ2v) is 10.9. The summed E-state index contributed by atoms with van der Waals surface area (Å²) in [5.41, 5.74) is 1.57. The van der Waals surface area contributed by atoms with Crippen molar-refractivity contribution >= 4 is 33.6 Å². The minimum atomic E-state index is 0.210. The minimum Gasteiger partial charge on any atom is -0.338 e. The van der Waals surface area contributed by atoms with Crippen molar-refractivity contribution < 1.29 is 4.79 Å². The molecule has 7 heteroatoms. The van der Waals surface area contributed by atoms with E-state index in [1.807, 2.05) is 24.3 Å². The summed E-state index contributed by atoms with van der Waals surface area (Å²) < 4.78 is 1.03. The Balaban J connectivity index is 1.38. The zero-order valence-corrected chi connectivity index (χ0v) is 18.4. The number of aromatic nitrogens is 3. The van der Waals surface area contributed by atoms with Gasteiger partial charge in [0.1, 0.15) is 0 Å². The third kappa shape index (κ3) is 4.09. The molecule has 5 nitrogen and oxygen atoms in total. The fourth-order valence-electron chi connectivity index (χ4n) is 5.01. The largest absolute Gasteiger partial charge is 0.338 e. The molecule has 1 aromatic heterocycles. The van der Waals surface area contributed by atoms with Gasteiger partial charge >= 0.3 is 0 Å². The smallest absolute Gasteiger partial charge is 0.233 e. The first-order valence-corrected chi connectivity index (χ1v) is 11.1. The van der Waals surface area contributed by atoms with Crippen molar-refractivity contribution in [2.24, 2.45) is 10.8 Å². The number of likely N-dealkylation sites (tertiary alicyclic amines) is 1. The number of nitrogens with zero attached hydrogens (tertiary/aromatic N) is 3. The van der Waals surface area contributed by atoms with Crippen molar-refractivity contribution in [3.63, 3.8) is 0 Å². The van der Waals surface area contributed by atoms with Crippen molar-refractivity contribution in [1.82, 2.24) is 20.1 Å². The van der Waals surface area contributed by atoms with Crippen LogP contribution in [0.4, 0.5) is 0 Å². The van der Waals surface area contributed by atoms with Crippen LogP contribution in [0.15, 0.2) is 33.9 Å². The molecule has 1 aliphatic heterocycles. The van der Waals surface area contributed by atoms with Crippen molar-refractivity contribution in [2.45, 2.75) is 51.2 Å². The van der Waals surface area contributed by atoms with Crippen LogP contribution in [0.3, 0.4) is 0 Å². The molecule has 27 heavy (non-hydrogen) atoms. The molecule has 2 aromatic rings. The molecule has 1 N–H and O–H groups in total. The van der Waals surface area contributed by atoms with Gasteiger partial charge in [0, 0.05) is 22.6 Å². The number of halogens is 1. The lowest BCUT2D eigenvalue weighted by atomic mass is 9.65. The van der Waals surface area contributed by atoms with Crippen LogP contribution in [0.2, 0.25) is 0 Å². The first-order chi connectivity index (χ1) is 12.7. The number of hydrogen-bond donors (Lipinski definition) is 1. The van der Waals surface area contributed by atoms with E-state index < -0.39 is 0 Å². The van der Waals surface area contributed by atoms with E-state index in [1.165, 1.54) is 18.2 Å². The van der Waals surface area contributed by atoms with Gasteiger partial charge in [-0.15, -0.1) is 5.10 Å². The van der Waals surface area contributed by atoms with Crippen LogP contribution >= 0.6 is 27.7 Å². The number of aromatic amines is 1. The lowest BCUT2D eigenvalue weighted by Gasteiger charge is -2.39. The molecule has 1 saturated heterocycles. The number of carbonyl (C=O) groups excluding carboxylic acids is 1. The van der Waals surface area contributed by atoms with E-state index in [4.69, 9.17) is 0 Å². The van der Waals surface area contributed by atoms with Gasteiger partial charge in [0.05, 0.1) is 5.75 Å². The highest BCUT2D eigenvalue weighted by molar-refractivity contribution is 9.10. The highest BCUT2D eigenvalue weighted by atomic mass is 79.9. The first-order valence-electron chi connectivity index (χ1n) is 9.34. The first kappa shape index (κ1) is 19.0. The maximum atomic E-state index is 12.9. The van der Waals surface area contributed by atoms with E-state index in [1.54, 1.807) is 0 Å². The summed E-state index contributed by atoms with van der Waals surface area (Å²) in [4.78, 5) is 19.5. The second-order valence-electron chi connectivity index (χ2n) is 9.00. The number of amides is 1. The van der Waals surface area contributed by atoms with Crippen LogP contribution in [0.1, 0.15) is 40.0 Å². The molecular formula is C20H25BrN4OS. The maximum Gasteiger partial charge on any atom is 0.233 e. The molecule has 1 saturated carbocycles. The number of fused-ring (bicyclic) bond motifs is 2. The van der Waals surface area contributed by atoms with Gasteiger partial charge in [0.25, 0.3) is 0 Å². The molecule has 0 spiro atoms. The van der Waals surface area contributed by atoms with E-state index in [0.717, 1.165) is 35.2 Å². The molecule has 4 rings (SSSR count). The summed E-state index contributed by atoms with van der Waals surface area (Å²) in [6, 6.07) is 8.30. The maximum absolute atomic E-state index is 12.9. The number of hydrogen-bond acceptors (Lipinski definition) is 4. The SMILES string of the molecule is CC1(C)C[C@@H]2C[C@@](C)(CN2C(=O)CSc2n[nH]c(-c3ccc(Br)cc3)n2)C1. The number of rotatable bonds is 4. The van der Waals surface area contributed by atoms with E-state index >= 15 is 0 Å². The molecular weight excluding hydrogens is 424 g/mol. The Morgan fingerprint density at radius 3 is 2.78 bits per heavy atom. The Morgan fingerprint density at radius 1 is 1.30 bits per heavy atom. The Labute approximate surface area is 172 Å². The normalized spacial score (nSPS) is 26.4. The summed E-state index contributed by atoms with van der Waals surface area (Å²) in [7, 11) is 0. The quantitative estimate of drug-likeness (QED) is 0.685. The summed E-state index contributed by atoms with van der Waals surface area (Å²) in [6.07, 6.45) is 3.44. The topological polar surface area (TPSA) is 61.9 Å². The molecule has 144 valence electrons. The summed E-state index contributed by atoms with van der Waals surface area (Å²) >= 11 is 4.85. The zero-order chi connectivity index (χ0) is 19.2. The average molecular weight is 449 g/mol. The molecule has 2 heterocycles. The van der Waals surface area contributed by atoms with Gasteiger partial charge in [-0.25, -0.2) is 4.98 Å². The third-order valence-electron chi connectivity index (χ3n) is 5.64. The number of benzene rings is 1. The Hall–Kier alpha value is -1.34. The highest BCUT2D eigenvalue weighted by Crippen LogP contribution is 2.52. The summed E-state index contributed by atoms with van der Waals surface area (Å²) in [5, 5.41) is 7.85. The number of H-pyrrole nitrogens is 1. The van der Waals surface area contributed by atoms with Crippen LogP contribution in [0.25, 0.3) is 11.4 Å². The van der Waals surface area contributed by atoms with Gasteiger partial charge in [-0.05, 0) is 42.2 Å². The second kappa shape index (κ2) is 6.92. The van der Waals surface area contributed by atoms with E-state index in [9.17, 15) is 4.79 Å². The monoisotopic (exact) mass is 448 g/mol. The number of carbonyl (C=O) groups is 1. The summed E-state index contributed by atoms with van der Waals surface area (Å²) in [6.45, 7) is 7.88. The van der Waals surface area contributed by atoms with E-state index in [2.05, 4.69) is 56.8 Å².